The zero-order chi connectivity index (χ0) is 16.1. The molecule has 0 aliphatic heterocycles. The van der Waals surface area contributed by atoms with Gasteiger partial charge in [0.05, 0.1) is 11.3 Å². The van der Waals surface area contributed by atoms with Crippen molar-refractivity contribution in [2.45, 2.75) is 6.61 Å². The van der Waals surface area contributed by atoms with Crippen LogP contribution in [0.1, 0.15) is 26.4 Å². The summed E-state index contributed by atoms with van der Waals surface area (Å²) in [5.41, 5.74) is 2.69. The Labute approximate surface area is 137 Å². The first-order chi connectivity index (χ1) is 11.3. The number of aromatic nitrogens is 1. The van der Waals surface area contributed by atoms with E-state index in [4.69, 9.17) is 4.74 Å². The third-order valence-electron chi connectivity index (χ3n) is 3.21. The Morgan fingerprint density at radius 1 is 1.09 bits per heavy atom. The Hall–Kier alpha value is -2.79. The Balaban J connectivity index is 1.63. The number of carbonyl (C=O) groups excluding carboxylic acids is 2. The van der Waals surface area contributed by atoms with E-state index in [9.17, 15) is 9.59 Å². The molecule has 114 valence electrons. The lowest BCUT2D eigenvalue weighted by Gasteiger charge is -2.03. The van der Waals surface area contributed by atoms with Crippen LogP contribution in [0.2, 0.25) is 0 Å². The summed E-state index contributed by atoms with van der Waals surface area (Å²) in [5, 5.41) is 2.78. The average molecular weight is 323 g/mol. The predicted molar refractivity (Wildman–Crippen MR) is 88.5 cm³/mol. The lowest BCUT2D eigenvalue weighted by molar-refractivity contribution is 0.0468. The largest absolute Gasteiger partial charge is 0.456 e. The molecule has 1 aromatic heterocycles. The molecule has 0 aliphatic rings. The minimum absolute atomic E-state index is 0.123. The number of hydrogen-bond donors (Lipinski definition) is 0. The van der Waals surface area contributed by atoms with Gasteiger partial charge in [-0.3, -0.25) is 4.79 Å². The maximum Gasteiger partial charge on any atom is 0.338 e. The molecule has 0 spiro atoms. The first-order valence-corrected chi connectivity index (χ1v) is 7.86. The first-order valence-electron chi connectivity index (χ1n) is 6.98. The van der Waals surface area contributed by atoms with Gasteiger partial charge in [-0.15, -0.1) is 11.3 Å². The van der Waals surface area contributed by atoms with Gasteiger partial charge < -0.3 is 4.74 Å². The van der Waals surface area contributed by atoms with Gasteiger partial charge in [0.15, 0.2) is 0 Å². The summed E-state index contributed by atoms with van der Waals surface area (Å²) in [6, 6.07) is 16.2. The van der Waals surface area contributed by atoms with Gasteiger partial charge in [-0.1, -0.05) is 42.5 Å². The minimum Gasteiger partial charge on any atom is -0.456 e. The van der Waals surface area contributed by atoms with E-state index in [0.29, 0.717) is 16.8 Å². The number of benzene rings is 2. The highest BCUT2D eigenvalue weighted by atomic mass is 32.1. The summed E-state index contributed by atoms with van der Waals surface area (Å²) in [4.78, 5) is 27.0. The summed E-state index contributed by atoms with van der Waals surface area (Å²) >= 11 is 1.51. The van der Waals surface area contributed by atoms with Gasteiger partial charge in [-0.05, 0) is 12.1 Å². The standard InChI is InChI=1S/C18H13NO3S/c20-10-13-6-8-15(9-7-13)18(21)22-11-16-12-23-17(19-16)14-4-2-1-3-5-14/h1-10,12H,11H2. The Morgan fingerprint density at radius 2 is 1.83 bits per heavy atom. The number of thiazole rings is 1. The highest BCUT2D eigenvalue weighted by Gasteiger charge is 2.10. The van der Waals surface area contributed by atoms with Crippen LogP contribution in [0.3, 0.4) is 0 Å². The fourth-order valence-corrected chi connectivity index (χ4v) is 2.82. The number of hydrogen-bond acceptors (Lipinski definition) is 5. The lowest BCUT2D eigenvalue weighted by atomic mass is 10.1. The summed E-state index contributed by atoms with van der Waals surface area (Å²) < 4.78 is 5.25. The molecule has 0 atom stereocenters. The van der Waals surface area contributed by atoms with Crippen LogP contribution in [0.5, 0.6) is 0 Å². The molecule has 5 heteroatoms. The summed E-state index contributed by atoms with van der Waals surface area (Å²) in [5.74, 6) is -0.434. The van der Waals surface area contributed by atoms with Crippen molar-refractivity contribution in [1.29, 1.82) is 0 Å². The monoisotopic (exact) mass is 323 g/mol. The summed E-state index contributed by atoms with van der Waals surface area (Å²) in [6.45, 7) is 0.123. The van der Waals surface area contributed by atoms with Crippen molar-refractivity contribution in [1.82, 2.24) is 4.98 Å². The number of esters is 1. The molecule has 0 N–H and O–H groups in total. The van der Waals surface area contributed by atoms with E-state index in [1.165, 1.54) is 11.3 Å². The molecule has 0 unspecified atom stereocenters. The van der Waals surface area contributed by atoms with Crippen LogP contribution in [0, 0.1) is 0 Å². The van der Waals surface area contributed by atoms with Gasteiger partial charge in [-0.2, -0.15) is 0 Å². The second-order valence-electron chi connectivity index (χ2n) is 4.83. The van der Waals surface area contributed by atoms with Crippen molar-refractivity contribution in [3.8, 4) is 10.6 Å². The molecule has 0 saturated heterocycles. The summed E-state index contributed by atoms with van der Waals surface area (Å²) in [6.07, 6.45) is 0.732. The third-order valence-corrected chi connectivity index (χ3v) is 4.15. The normalized spacial score (nSPS) is 10.3. The second kappa shape index (κ2) is 6.98. The molecule has 2 aromatic carbocycles. The Kier molecular flexibility index (Phi) is 4.59. The zero-order valence-electron chi connectivity index (χ0n) is 12.1. The van der Waals surface area contributed by atoms with Gasteiger partial charge in [-0.25, -0.2) is 9.78 Å². The van der Waals surface area contributed by atoms with E-state index < -0.39 is 5.97 Å². The quantitative estimate of drug-likeness (QED) is 0.526. The van der Waals surface area contributed by atoms with E-state index in [1.54, 1.807) is 24.3 Å². The van der Waals surface area contributed by atoms with E-state index in [0.717, 1.165) is 16.9 Å². The van der Waals surface area contributed by atoms with Crippen LogP contribution in [0.15, 0.2) is 60.0 Å². The van der Waals surface area contributed by atoms with E-state index in [2.05, 4.69) is 4.98 Å². The molecular weight excluding hydrogens is 310 g/mol. The number of rotatable bonds is 5. The molecule has 3 aromatic rings. The van der Waals surface area contributed by atoms with Gasteiger partial charge in [0, 0.05) is 16.5 Å². The van der Waals surface area contributed by atoms with Gasteiger partial charge >= 0.3 is 5.97 Å². The van der Waals surface area contributed by atoms with Crippen LogP contribution in [0.4, 0.5) is 0 Å². The number of ether oxygens (including phenoxy) is 1. The number of nitrogens with zero attached hydrogens (tertiary/aromatic N) is 1. The molecule has 4 nitrogen and oxygen atoms in total. The molecule has 0 fully saturated rings. The Morgan fingerprint density at radius 3 is 2.52 bits per heavy atom. The maximum atomic E-state index is 12.0. The molecule has 0 amide bonds. The van der Waals surface area contributed by atoms with Gasteiger partial charge in [0.2, 0.25) is 0 Å². The van der Waals surface area contributed by atoms with Crippen LogP contribution in [0.25, 0.3) is 10.6 Å². The molecule has 1 heterocycles. The maximum absolute atomic E-state index is 12.0. The molecule has 0 aliphatic carbocycles. The smallest absolute Gasteiger partial charge is 0.338 e. The molecular formula is C18H13NO3S. The highest BCUT2D eigenvalue weighted by molar-refractivity contribution is 7.13. The van der Waals surface area contributed by atoms with Crippen molar-refractivity contribution in [3.63, 3.8) is 0 Å². The summed E-state index contributed by atoms with van der Waals surface area (Å²) in [7, 11) is 0. The van der Waals surface area contributed by atoms with Crippen molar-refractivity contribution >= 4 is 23.6 Å². The molecule has 0 bridgehead atoms. The fraction of sp³-hybridized carbons (Fsp3) is 0.0556. The van der Waals surface area contributed by atoms with Crippen LogP contribution in [-0.4, -0.2) is 17.2 Å². The minimum atomic E-state index is -0.434. The average Bonchev–Trinajstić information content (AvgIpc) is 3.09. The second-order valence-corrected chi connectivity index (χ2v) is 5.68. The SMILES string of the molecule is O=Cc1ccc(C(=O)OCc2csc(-c3ccccc3)n2)cc1. The van der Waals surface area contributed by atoms with Gasteiger partial charge in [0.1, 0.15) is 17.9 Å². The van der Waals surface area contributed by atoms with Gasteiger partial charge in [0.25, 0.3) is 0 Å². The third kappa shape index (κ3) is 3.70. The topological polar surface area (TPSA) is 56.3 Å². The number of aldehydes is 1. The first kappa shape index (κ1) is 15.1. The van der Waals surface area contributed by atoms with E-state index in [1.807, 2.05) is 35.7 Å². The van der Waals surface area contributed by atoms with Crippen molar-refractivity contribution in [3.05, 3.63) is 76.8 Å². The zero-order valence-corrected chi connectivity index (χ0v) is 13.0. The Bertz CT molecular complexity index is 810. The van der Waals surface area contributed by atoms with Crippen LogP contribution >= 0.6 is 11.3 Å². The van der Waals surface area contributed by atoms with E-state index in [-0.39, 0.29) is 6.61 Å². The van der Waals surface area contributed by atoms with Crippen LogP contribution in [-0.2, 0) is 11.3 Å². The van der Waals surface area contributed by atoms with Crippen LogP contribution < -0.4 is 0 Å². The predicted octanol–water partition coefficient (Wildman–Crippen LogP) is 3.98. The molecule has 3 rings (SSSR count). The van der Waals surface area contributed by atoms with Crippen molar-refractivity contribution < 1.29 is 14.3 Å². The molecule has 23 heavy (non-hydrogen) atoms. The molecule has 0 saturated carbocycles. The molecule has 0 radical (unpaired) electrons. The van der Waals surface area contributed by atoms with Crippen molar-refractivity contribution in [2.24, 2.45) is 0 Å². The van der Waals surface area contributed by atoms with Crippen molar-refractivity contribution in [2.75, 3.05) is 0 Å². The highest BCUT2D eigenvalue weighted by Crippen LogP contribution is 2.23. The van der Waals surface area contributed by atoms with E-state index >= 15 is 0 Å². The number of carbonyl (C=O) groups is 2. The fourth-order valence-electron chi connectivity index (χ4n) is 2.01. The lowest BCUT2D eigenvalue weighted by Crippen LogP contribution is -2.05.